The number of halogens is 1. The quantitative estimate of drug-likeness (QED) is 0.734. The molecule has 1 atom stereocenters. The van der Waals surface area contributed by atoms with Gasteiger partial charge in [-0.25, -0.2) is 0 Å². The summed E-state index contributed by atoms with van der Waals surface area (Å²) in [6, 6.07) is 12.6. The molecule has 28 heavy (non-hydrogen) atoms. The number of hydrogen-bond donors (Lipinski definition) is 0. The zero-order chi connectivity index (χ0) is 19.5. The number of piperidine rings is 1. The number of rotatable bonds is 4. The predicted molar refractivity (Wildman–Crippen MR) is 106 cm³/mol. The lowest BCUT2D eigenvalue weighted by Gasteiger charge is -2.32. The summed E-state index contributed by atoms with van der Waals surface area (Å²) in [5.74, 6) is 1.35. The number of hydrogen-bond acceptors (Lipinski definition) is 4. The van der Waals surface area contributed by atoms with Crippen molar-refractivity contribution in [3.63, 3.8) is 0 Å². The number of Topliss-reactive ketones (excluding diaryl/α,β-unsaturated/α-hetero) is 1. The van der Waals surface area contributed by atoms with Gasteiger partial charge in [0, 0.05) is 29.6 Å². The Balaban J connectivity index is 1.40. The van der Waals surface area contributed by atoms with Crippen LogP contribution in [0, 0.1) is 5.92 Å². The molecule has 1 saturated heterocycles. The molecular weight excluding hydrogens is 378 g/mol. The molecule has 1 fully saturated rings. The van der Waals surface area contributed by atoms with Crippen molar-refractivity contribution in [1.29, 1.82) is 0 Å². The average molecular weight is 400 g/mol. The van der Waals surface area contributed by atoms with E-state index < -0.39 is 0 Å². The largest absolute Gasteiger partial charge is 0.486 e. The molecule has 0 radical (unpaired) electrons. The van der Waals surface area contributed by atoms with Crippen molar-refractivity contribution in [2.24, 2.45) is 5.92 Å². The molecule has 2 heterocycles. The molecule has 146 valence electrons. The molecule has 0 N–H and O–H groups in total. The molecule has 0 aromatic heterocycles. The molecule has 2 aromatic rings. The van der Waals surface area contributed by atoms with Crippen LogP contribution in [0.1, 0.15) is 28.8 Å². The summed E-state index contributed by atoms with van der Waals surface area (Å²) in [6.45, 7) is 2.21. The lowest BCUT2D eigenvalue weighted by molar-refractivity contribution is -0.131. The van der Waals surface area contributed by atoms with Crippen LogP contribution < -0.4 is 9.47 Å². The van der Waals surface area contributed by atoms with E-state index in [4.69, 9.17) is 21.1 Å². The van der Waals surface area contributed by atoms with Crippen molar-refractivity contribution in [3.8, 4) is 11.5 Å². The highest BCUT2D eigenvalue weighted by molar-refractivity contribution is 6.30. The highest BCUT2D eigenvalue weighted by Crippen LogP contribution is 2.31. The van der Waals surface area contributed by atoms with Crippen LogP contribution >= 0.6 is 11.6 Å². The molecule has 5 nitrogen and oxygen atoms in total. The van der Waals surface area contributed by atoms with Crippen molar-refractivity contribution in [2.45, 2.75) is 19.3 Å². The van der Waals surface area contributed by atoms with Crippen LogP contribution in [0.15, 0.2) is 42.5 Å². The molecule has 2 aliphatic heterocycles. The number of ether oxygens (including phenoxy) is 2. The number of fused-ring (bicyclic) bond motifs is 1. The molecule has 2 aromatic carbocycles. The van der Waals surface area contributed by atoms with Gasteiger partial charge in [-0.2, -0.15) is 0 Å². The summed E-state index contributed by atoms with van der Waals surface area (Å²) in [7, 11) is 0. The van der Waals surface area contributed by atoms with E-state index in [1.165, 1.54) is 0 Å². The minimum Gasteiger partial charge on any atom is -0.486 e. The van der Waals surface area contributed by atoms with Crippen molar-refractivity contribution >= 4 is 23.3 Å². The van der Waals surface area contributed by atoms with Crippen LogP contribution in [0.3, 0.4) is 0 Å². The van der Waals surface area contributed by atoms with Crippen molar-refractivity contribution < 1.29 is 19.1 Å². The van der Waals surface area contributed by atoms with E-state index in [2.05, 4.69) is 0 Å². The maximum Gasteiger partial charge on any atom is 0.227 e. The van der Waals surface area contributed by atoms with Gasteiger partial charge in [0.05, 0.1) is 6.42 Å². The van der Waals surface area contributed by atoms with E-state index in [9.17, 15) is 9.59 Å². The van der Waals surface area contributed by atoms with Crippen LogP contribution in [0.2, 0.25) is 5.02 Å². The first-order valence-corrected chi connectivity index (χ1v) is 9.94. The van der Waals surface area contributed by atoms with Crippen LogP contribution in [-0.2, 0) is 11.2 Å². The highest BCUT2D eigenvalue weighted by atomic mass is 35.5. The van der Waals surface area contributed by atoms with Gasteiger partial charge in [0.25, 0.3) is 0 Å². The number of ketones is 1. The van der Waals surface area contributed by atoms with Gasteiger partial charge in [-0.1, -0.05) is 17.7 Å². The standard InChI is InChI=1S/C22H22ClNO4/c23-18-6-4-16(5-7-18)22(26)17-2-1-9-24(14-17)21(25)13-15-3-8-19-20(12-15)28-11-10-27-19/h3-8,12,17H,1-2,9-11,13-14H2. The maximum atomic E-state index is 12.8. The average Bonchev–Trinajstić information content (AvgIpc) is 2.74. The summed E-state index contributed by atoms with van der Waals surface area (Å²) in [4.78, 5) is 27.4. The van der Waals surface area contributed by atoms with E-state index in [-0.39, 0.29) is 17.6 Å². The van der Waals surface area contributed by atoms with E-state index in [0.717, 1.165) is 18.4 Å². The van der Waals surface area contributed by atoms with E-state index in [1.54, 1.807) is 29.2 Å². The van der Waals surface area contributed by atoms with Crippen LogP contribution in [0.5, 0.6) is 11.5 Å². The van der Waals surface area contributed by atoms with Gasteiger partial charge in [-0.15, -0.1) is 0 Å². The fourth-order valence-electron chi connectivity index (χ4n) is 3.75. The lowest BCUT2D eigenvalue weighted by atomic mass is 9.89. The fourth-order valence-corrected chi connectivity index (χ4v) is 3.88. The van der Waals surface area contributed by atoms with Crippen LogP contribution in [0.25, 0.3) is 0 Å². The molecule has 0 bridgehead atoms. The van der Waals surface area contributed by atoms with Gasteiger partial charge in [-0.3, -0.25) is 9.59 Å². The second-order valence-electron chi connectivity index (χ2n) is 7.20. The summed E-state index contributed by atoms with van der Waals surface area (Å²) in [5.41, 5.74) is 1.54. The van der Waals surface area contributed by atoms with Crippen molar-refractivity contribution in [1.82, 2.24) is 4.90 Å². The zero-order valence-corrected chi connectivity index (χ0v) is 16.3. The highest BCUT2D eigenvalue weighted by Gasteiger charge is 2.29. The second kappa shape index (κ2) is 8.23. The van der Waals surface area contributed by atoms with Gasteiger partial charge in [0.15, 0.2) is 17.3 Å². The summed E-state index contributed by atoms with van der Waals surface area (Å²) >= 11 is 5.91. The predicted octanol–water partition coefficient (Wildman–Crippen LogP) is 3.78. The Bertz CT molecular complexity index is 881. The summed E-state index contributed by atoms with van der Waals surface area (Å²) in [5, 5.41) is 0.608. The normalized spacial score (nSPS) is 18.6. The third-order valence-electron chi connectivity index (χ3n) is 5.24. The van der Waals surface area contributed by atoms with E-state index in [1.807, 2.05) is 18.2 Å². The number of benzene rings is 2. The SMILES string of the molecule is O=C(c1ccc(Cl)cc1)C1CCCN(C(=O)Cc2ccc3c(c2)OCCO3)C1. The smallest absolute Gasteiger partial charge is 0.227 e. The Morgan fingerprint density at radius 1 is 1.04 bits per heavy atom. The Morgan fingerprint density at radius 2 is 1.79 bits per heavy atom. The van der Waals surface area contributed by atoms with E-state index in [0.29, 0.717) is 54.8 Å². The molecule has 0 saturated carbocycles. The first-order valence-electron chi connectivity index (χ1n) is 9.56. The molecular formula is C22H22ClNO4. The van der Waals surface area contributed by atoms with Crippen LogP contribution in [0.4, 0.5) is 0 Å². The monoisotopic (exact) mass is 399 g/mol. The first kappa shape index (κ1) is 18.8. The zero-order valence-electron chi connectivity index (χ0n) is 15.5. The van der Waals surface area contributed by atoms with Crippen molar-refractivity contribution in [3.05, 3.63) is 58.6 Å². The number of nitrogens with zero attached hydrogens (tertiary/aromatic N) is 1. The third-order valence-corrected chi connectivity index (χ3v) is 5.49. The van der Waals surface area contributed by atoms with E-state index >= 15 is 0 Å². The second-order valence-corrected chi connectivity index (χ2v) is 7.64. The number of likely N-dealkylation sites (tertiary alicyclic amines) is 1. The van der Waals surface area contributed by atoms with Gasteiger partial charge in [-0.05, 0) is 54.8 Å². The Kier molecular flexibility index (Phi) is 5.53. The summed E-state index contributed by atoms with van der Waals surface area (Å²) in [6.07, 6.45) is 1.92. The van der Waals surface area contributed by atoms with Crippen LogP contribution in [-0.4, -0.2) is 42.9 Å². The number of carbonyl (C=O) groups excluding carboxylic acids is 2. The molecule has 1 amide bonds. The maximum absolute atomic E-state index is 12.8. The minimum absolute atomic E-state index is 0.0327. The molecule has 6 heteroatoms. The molecule has 0 aliphatic carbocycles. The van der Waals surface area contributed by atoms with Gasteiger partial charge in [0.1, 0.15) is 13.2 Å². The minimum atomic E-state index is -0.167. The van der Waals surface area contributed by atoms with Gasteiger partial charge in [0.2, 0.25) is 5.91 Å². The Morgan fingerprint density at radius 3 is 2.57 bits per heavy atom. The van der Waals surface area contributed by atoms with Gasteiger partial charge < -0.3 is 14.4 Å². The third kappa shape index (κ3) is 4.14. The number of carbonyl (C=O) groups is 2. The first-order chi connectivity index (χ1) is 13.6. The molecule has 0 spiro atoms. The Labute approximate surface area is 169 Å². The van der Waals surface area contributed by atoms with Gasteiger partial charge >= 0.3 is 0 Å². The number of amides is 1. The lowest BCUT2D eigenvalue weighted by Crippen LogP contribution is -2.43. The fraction of sp³-hybridized carbons (Fsp3) is 0.364. The molecule has 1 unspecified atom stereocenters. The summed E-state index contributed by atoms with van der Waals surface area (Å²) < 4.78 is 11.1. The molecule has 4 rings (SSSR count). The van der Waals surface area contributed by atoms with Crippen molar-refractivity contribution in [2.75, 3.05) is 26.3 Å². The molecule has 2 aliphatic rings. The topological polar surface area (TPSA) is 55.8 Å². The Hall–Kier alpha value is -2.53.